The lowest BCUT2D eigenvalue weighted by Gasteiger charge is -2.15. The third-order valence-electron chi connectivity index (χ3n) is 2.95. The van der Waals surface area contributed by atoms with Crippen LogP contribution in [0.25, 0.3) is 0 Å². The van der Waals surface area contributed by atoms with Gasteiger partial charge in [0, 0.05) is 5.56 Å². The molecular formula is C12H14F2N2O2. The van der Waals surface area contributed by atoms with Crippen LogP contribution in [0.2, 0.25) is 0 Å². The number of rotatable bonds is 2. The van der Waals surface area contributed by atoms with Crippen LogP contribution in [-0.2, 0) is 0 Å². The van der Waals surface area contributed by atoms with Crippen molar-refractivity contribution in [1.82, 2.24) is 4.90 Å². The number of anilines is 1. The van der Waals surface area contributed by atoms with Crippen LogP contribution in [0.3, 0.4) is 0 Å². The number of halogens is 2. The Morgan fingerprint density at radius 1 is 1.39 bits per heavy atom. The second-order valence-electron chi connectivity index (χ2n) is 4.20. The minimum absolute atomic E-state index is 0.216. The molecule has 1 aliphatic rings. The number of amides is 1. The molecule has 0 radical (unpaired) electrons. The molecule has 1 aliphatic heterocycles. The first-order valence-corrected chi connectivity index (χ1v) is 5.54. The molecule has 1 saturated heterocycles. The highest BCUT2D eigenvalue weighted by Crippen LogP contribution is 2.25. The summed E-state index contributed by atoms with van der Waals surface area (Å²) < 4.78 is 31.1. The fraction of sp³-hybridized carbons (Fsp3) is 0.417. The topological polar surface area (TPSA) is 55.6 Å². The van der Waals surface area contributed by atoms with Crippen molar-refractivity contribution < 1.29 is 18.3 Å². The van der Waals surface area contributed by atoms with Gasteiger partial charge in [0.15, 0.2) is 12.3 Å². The van der Waals surface area contributed by atoms with Crippen molar-refractivity contribution in [2.45, 2.75) is 12.3 Å². The summed E-state index contributed by atoms with van der Waals surface area (Å²) >= 11 is 0. The van der Waals surface area contributed by atoms with E-state index in [0.717, 1.165) is 4.90 Å². The Labute approximate surface area is 103 Å². The van der Waals surface area contributed by atoms with Crippen molar-refractivity contribution in [1.29, 1.82) is 0 Å². The molecule has 0 aliphatic carbocycles. The zero-order valence-electron chi connectivity index (χ0n) is 9.90. The number of nitrogens with two attached hydrogens (primary N) is 1. The molecule has 1 aromatic carbocycles. The van der Waals surface area contributed by atoms with Gasteiger partial charge in [-0.15, -0.1) is 0 Å². The number of alkyl halides is 2. The predicted molar refractivity (Wildman–Crippen MR) is 63.1 cm³/mol. The lowest BCUT2D eigenvalue weighted by molar-refractivity contribution is 0.0778. The van der Waals surface area contributed by atoms with Gasteiger partial charge in [0.1, 0.15) is 5.75 Å². The van der Waals surface area contributed by atoms with Crippen molar-refractivity contribution in [3.05, 3.63) is 23.8 Å². The molecule has 0 saturated carbocycles. The lowest BCUT2D eigenvalue weighted by Crippen LogP contribution is -2.29. The van der Waals surface area contributed by atoms with Gasteiger partial charge in [0.25, 0.3) is 5.91 Å². The highest BCUT2D eigenvalue weighted by molar-refractivity contribution is 5.95. The second kappa shape index (κ2) is 4.80. The zero-order chi connectivity index (χ0) is 13.3. The van der Waals surface area contributed by atoms with Crippen LogP contribution >= 0.6 is 0 Å². The molecule has 4 nitrogen and oxygen atoms in total. The molecule has 1 fully saturated rings. The number of hydrogen-bond acceptors (Lipinski definition) is 3. The maximum atomic E-state index is 13.0. The number of likely N-dealkylation sites (tertiary alicyclic amines) is 1. The summed E-state index contributed by atoms with van der Waals surface area (Å²) in [6, 6.07) is 4.51. The summed E-state index contributed by atoms with van der Waals surface area (Å²) in [6.45, 7) is -0.431. The molecule has 0 spiro atoms. The van der Waals surface area contributed by atoms with Crippen molar-refractivity contribution in [2.24, 2.45) is 0 Å². The van der Waals surface area contributed by atoms with Crippen LogP contribution in [0.1, 0.15) is 10.4 Å². The molecule has 1 aromatic rings. The second-order valence-corrected chi connectivity index (χ2v) is 4.20. The third-order valence-corrected chi connectivity index (χ3v) is 2.95. The maximum Gasteiger partial charge on any atom is 0.254 e. The van der Waals surface area contributed by atoms with E-state index in [9.17, 15) is 13.6 Å². The van der Waals surface area contributed by atoms with Gasteiger partial charge in [-0.05, 0) is 18.2 Å². The number of nitrogens with zero attached hydrogens (tertiary/aromatic N) is 1. The molecular weight excluding hydrogens is 242 g/mol. The highest BCUT2D eigenvalue weighted by Gasteiger charge is 2.35. The minimum atomic E-state index is -1.61. The predicted octanol–water partition coefficient (Wildman–Crippen LogP) is 1.41. The monoisotopic (exact) mass is 256 g/mol. The first-order valence-electron chi connectivity index (χ1n) is 5.54. The Kier molecular flexibility index (Phi) is 3.36. The Hall–Kier alpha value is -1.85. The van der Waals surface area contributed by atoms with Gasteiger partial charge in [-0.2, -0.15) is 0 Å². The molecule has 0 bridgehead atoms. The number of nitrogen functional groups attached to an aromatic ring is 1. The normalized spacial score (nSPS) is 23.2. The molecule has 98 valence electrons. The van der Waals surface area contributed by atoms with E-state index in [1.165, 1.54) is 25.3 Å². The number of methoxy groups -OCH3 is 1. The molecule has 0 unspecified atom stereocenters. The first kappa shape index (κ1) is 12.6. The number of carbonyl (C=O) groups excluding carboxylic acids is 1. The van der Waals surface area contributed by atoms with Crippen LogP contribution in [0.5, 0.6) is 5.75 Å². The SMILES string of the molecule is COc1cc(C(=O)N2C[C@H](F)[C@@H](F)C2)ccc1N. The minimum Gasteiger partial charge on any atom is -0.495 e. The van der Waals surface area contributed by atoms with Gasteiger partial charge in [-0.3, -0.25) is 4.79 Å². The molecule has 6 heteroatoms. The van der Waals surface area contributed by atoms with E-state index in [1.807, 2.05) is 0 Å². The Balaban J connectivity index is 2.19. The van der Waals surface area contributed by atoms with Crippen molar-refractivity contribution in [3.63, 3.8) is 0 Å². The highest BCUT2D eigenvalue weighted by atomic mass is 19.2. The van der Waals surface area contributed by atoms with Gasteiger partial charge >= 0.3 is 0 Å². The van der Waals surface area contributed by atoms with Crippen LogP contribution < -0.4 is 10.5 Å². The van der Waals surface area contributed by atoms with E-state index in [1.54, 1.807) is 0 Å². The van der Waals surface area contributed by atoms with Crippen molar-refractivity contribution >= 4 is 11.6 Å². The quantitative estimate of drug-likeness (QED) is 0.814. The van der Waals surface area contributed by atoms with E-state index >= 15 is 0 Å². The van der Waals surface area contributed by atoms with Gasteiger partial charge in [-0.1, -0.05) is 0 Å². The van der Waals surface area contributed by atoms with Gasteiger partial charge in [0.05, 0.1) is 25.9 Å². The standard InChI is InChI=1S/C12H14F2N2O2/c1-18-11-4-7(2-3-10(11)15)12(17)16-5-8(13)9(14)6-16/h2-4,8-9H,5-6,15H2,1H3/t8-,9-/m0/s1. The summed E-state index contributed by atoms with van der Waals surface area (Å²) in [5.74, 6) is -0.0512. The first-order chi connectivity index (χ1) is 8.52. The van der Waals surface area contributed by atoms with E-state index in [4.69, 9.17) is 10.5 Å². The number of carbonyl (C=O) groups is 1. The average molecular weight is 256 g/mol. The Morgan fingerprint density at radius 3 is 2.56 bits per heavy atom. The van der Waals surface area contributed by atoms with Crippen molar-refractivity contribution in [3.8, 4) is 5.75 Å². The molecule has 1 amide bonds. The molecule has 1 heterocycles. The summed E-state index contributed by atoms with van der Waals surface area (Å²) in [4.78, 5) is 13.2. The lowest BCUT2D eigenvalue weighted by atomic mass is 10.1. The van der Waals surface area contributed by atoms with Crippen LogP contribution in [-0.4, -0.2) is 43.3 Å². The summed E-state index contributed by atoms with van der Waals surface area (Å²) in [7, 11) is 1.44. The average Bonchev–Trinajstić information content (AvgIpc) is 2.69. The zero-order valence-corrected chi connectivity index (χ0v) is 9.90. The third kappa shape index (κ3) is 2.23. The van der Waals surface area contributed by atoms with Crippen LogP contribution in [0.4, 0.5) is 14.5 Å². The van der Waals surface area contributed by atoms with Gasteiger partial charge < -0.3 is 15.4 Å². The van der Waals surface area contributed by atoms with E-state index < -0.39 is 18.3 Å². The summed E-state index contributed by atoms with van der Waals surface area (Å²) in [5.41, 5.74) is 6.34. The van der Waals surface area contributed by atoms with Crippen LogP contribution in [0.15, 0.2) is 18.2 Å². The van der Waals surface area contributed by atoms with Crippen molar-refractivity contribution in [2.75, 3.05) is 25.9 Å². The molecule has 18 heavy (non-hydrogen) atoms. The Morgan fingerprint density at radius 2 is 2.00 bits per heavy atom. The van der Waals surface area contributed by atoms with E-state index in [0.29, 0.717) is 17.0 Å². The molecule has 2 rings (SSSR count). The van der Waals surface area contributed by atoms with Crippen LogP contribution in [0, 0.1) is 0 Å². The molecule has 0 aromatic heterocycles. The number of ether oxygens (including phenoxy) is 1. The number of hydrogen-bond donors (Lipinski definition) is 1. The van der Waals surface area contributed by atoms with Gasteiger partial charge in [-0.25, -0.2) is 8.78 Å². The van der Waals surface area contributed by atoms with E-state index in [2.05, 4.69) is 0 Å². The van der Waals surface area contributed by atoms with Gasteiger partial charge in [0.2, 0.25) is 0 Å². The number of benzene rings is 1. The summed E-state index contributed by atoms with van der Waals surface area (Å²) in [5, 5.41) is 0. The Bertz CT molecular complexity index is 457. The fourth-order valence-corrected chi connectivity index (χ4v) is 1.92. The fourth-order valence-electron chi connectivity index (χ4n) is 1.92. The molecule has 2 atom stereocenters. The smallest absolute Gasteiger partial charge is 0.254 e. The maximum absolute atomic E-state index is 13.0. The summed E-state index contributed by atoms with van der Waals surface area (Å²) in [6.07, 6.45) is -3.21. The largest absolute Gasteiger partial charge is 0.495 e. The van der Waals surface area contributed by atoms with E-state index in [-0.39, 0.29) is 13.1 Å². The molecule has 2 N–H and O–H groups in total.